The molecule has 0 saturated heterocycles. The van der Waals surface area contributed by atoms with Gasteiger partial charge in [0.05, 0.1) is 7.11 Å². The van der Waals surface area contributed by atoms with Crippen LogP contribution in [0.2, 0.25) is 0 Å². The Hall–Kier alpha value is -2.78. The number of nitrogens with one attached hydrogen (secondary N) is 2. The number of carbonyl (C=O) groups excluding carboxylic acids is 1. The fourth-order valence-electron chi connectivity index (χ4n) is 2.17. The lowest BCUT2D eigenvalue weighted by molar-refractivity contribution is 0.262. The van der Waals surface area contributed by atoms with Gasteiger partial charge in [-0.1, -0.05) is 29.2 Å². The van der Waals surface area contributed by atoms with Crippen LogP contribution >= 0.6 is 23.1 Å². The van der Waals surface area contributed by atoms with Gasteiger partial charge in [0.15, 0.2) is 4.34 Å². The number of ether oxygens (including phenoxy) is 1. The molecule has 2 aromatic carbocycles. The largest absolute Gasteiger partial charge is 0.497 e. The average molecular weight is 402 g/mol. The van der Waals surface area contributed by atoms with Crippen molar-refractivity contribution in [1.29, 1.82) is 0 Å². The van der Waals surface area contributed by atoms with Crippen LogP contribution in [0.1, 0.15) is 0 Å². The third-order valence-electron chi connectivity index (χ3n) is 3.51. The Morgan fingerprint density at radius 3 is 2.59 bits per heavy atom. The average Bonchev–Trinajstić information content (AvgIpc) is 3.08. The molecule has 3 rings (SSSR count). The van der Waals surface area contributed by atoms with Crippen molar-refractivity contribution in [2.45, 2.75) is 9.24 Å². The molecule has 0 unspecified atom stereocenters. The Morgan fingerprint density at radius 2 is 1.89 bits per heavy atom. The first-order chi connectivity index (χ1) is 13.0. The predicted molar refractivity (Wildman–Crippen MR) is 110 cm³/mol. The van der Waals surface area contributed by atoms with Crippen molar-refractivity contribution in [1.82, 2.24) is 10.2 Å². The summed E-state index contributed by atoms with van der Waals surface area (Å²) in [6.07, 6.45) is 0. The molecule has 0 spiro atoms. The van der Waals surface area contributed by atoms with Crippen LogP contribution in [-0.4, -0.2) is 37.4 Å². The van der Waals surface area contributed by atoms with E-state index in [4.69, 9.17) is 4.74 Å². The summed E-state index contributed by atoms with van der Waals surface area (Å²) < 4.78 is 5.89. The maximum atomic E-state index is 12.1. The van der Waals surface area contributed by atoms with Crippen LogP contribution in [0.4, 0.5) is 21.3 Å². The van der Waals surface area contributed by atoms with Crippen LogP contribution in [0.5, 0.6) is 5.75 Å². The van der Waals surface area contributed by atoms with Crippen molar-refractivity contribution in [2.24, 2.45) is 0 Å². The molecule has 0 aliphatic rings. The highest BCUT2D eigenvalue weighted by atomic mass is 32.2. The number of hydrogen-bond acceptors (Lipinski definition) is 7. The van der Waals surface area contributed by atoms with Gasteiger partial charge >= 0.3 is 6.03 Å². The fraction of sp³-hybridized carbons (Fsp3) is 0.167. The second kappa shape index (κ2) is 8.74. The molecule has 2 N–H and O–H groups in total. The molecule has 0 bridgehead atoms. The number of hydrogen-bond donors (Lipinski definition) is 2. The molecule has 0 aliphatic heterocycles. The molecule has 0 radical (unpaired) electrons. The number of nitrogens with zero attached hydrogens (tertiary/aromatic N) is 3. The Labute approximate surface area is 165 Å². The highest BCUT2D eigenvalue weighted by Crippen LogP contribution is 2.32. The van der Waals surface area contributed by atoms with Gasteiger partial charge in [-0.2, -0.15) is 0 Å². The standard InChI is InChI=1S/C18H19N5O2S2/c1-23(2)13-7-9-15(10-8-13)26-18-22-21-17(27-18)20-16(24)19-12-5-4-6-14(11-12)25-3/h4-11H,1-3H3,(H2,19,20,21,24). The quantitative estimate of drug-likeness (QED) is 0.596. The predicted octanol–water partition coefficient (Wildman–Crippen LogP) is 4.41. The molecule has 9 heteroatoms. The SMILES string of the molecule is COc1cccc(NC(=O)Nc2nnc(Sc3ccc(N(C)C)cc3)s2)c1. The van der Waals surface area contributed by atoms with Crippen molar-refractivity contribution < 1.29 is 9.53 Å². The summed E-state index contributed by atoms with van der Waals surface area (Å²) in [4.78, 5) is 15.2. The van der Waals surface area contributed by atoms with E-state index in [1.165, 1.54) is 23.1 Å². The van der Waals surface area contributed by atoms with E-state index < -0.39 is 0 Å². The number of aromatic nitrogens is 2. The van der Waals surface area contributed by atoms with Gasteiger partial charge in [-0.25, -0.2) is 4.79 Å². The summed E-state index contributed by atoms with van der Waals surface area (Å²) in [5.41, 5.74) is 1.76. The Bertz CT molecular complexity index is 912. The molecule has 3 aromatic rings. The second-order valence-corrected chi connectivity index (χ2v) is 7.97. The maximum Gasteiger partial charge on any atom is 0.325 e. The molecule has 7 nitrogen and oxygen atoms in total. The number of rotatable bonds is 6. The fourth-order valence-corrected chi connectivity index (χ4v) is 3.89. The molecule has 1 aromatic heterocycles. The van der Waals surface area contributed by atoms with Crippen LogP contribution < -0.4 is 20.3 Å². The topological polar surface area (TPSA) is 79.4 Å². The van der Waals surface area contributed by atoms with Crippen LogP contribution in [-0.2, 0) is 0 Å². The van der Waals surface area contributed by atoms with E-state index in [1.807, 2.05) is 49.3 Å². The highest BCUT2D eigenvalue weighted by molar-refractivity contribution is 8.01. The minimum atomic E-state index is -0.383. The lowest BCUT2D eigenvalue weighted by atomic mass is 10.3. The first-order valence-corrected chi connectivity index (χ1v) is 9.67. The van der Waals surface area contributed by atoms with Crippen LogP contribution in [0.15, 0.2) is 57.8 Å². The lowest BCUT2D eigenvalue weighted by Gasteiger charge is -2.11. The molecule has 0 aliphatic carbocycles. The second-order valence-electron chi connectivity index (χ2n) is 5.67. The van der Waals surface area contributed by atoms with E-state index in [0.29, 0.717) is 16.6 Å². The van der Waals surface area contributed by atoms with Gasteiger partial charge in [0.25, 0.3) is 0 Å². The van der Waals surface area contributed by atoms with Gasteiger partial charge in [0.2, 0.25) is 5.13 Å². The van der Waals surface area contributed by atoms with Gasteiger partial charge in [0, 0.05) is 36.4 Å². The molecule has 0 saturated carbocycles. The normalized spacial score (nSPS) is 10.3. The van der Waals surface area contributed by atoms with Crippen LogP contribution in [0, 0.1) is 0 Å². The third kappa shape index (κ3) is 5.35. The summed E-state index contributed by atoms with van der Waals surface area (Å²) in [5.74, 6) is 0.669. The van der Waals surface area contributed by atoms with E-state index >= 15 is 0 Å². The Kier molecular flexibility index (Phi) is 6.15. The van der Waals surface area contributed by atoms with Crippen molar-refractivity contribution in [3.05, 3.63) is 48.5 Å². The summed E-state index contributed by atoms with van der Waals surface area (Å²) in [7, 11) is 5.58. The highest BCUT2D eigenvalue weighted by Gasteiger charge is 2.10. The smallest absolute Gasteiger partial charge is 0.325 e. The summed E-state index contributed by atoms with van der Waals surface area (Å²) in [6, 6.07) is 14.9. The van der Waals surface area contributed by atoms with Crippen LogP contribution in [0.25, 0.3) is 0 Å². The number of methoxy groups -OCH3 is 1. The first kappa shape index (κ1) is 19.0. The lowest BCUT2D eigenvalue weighted by Crippen LogP contribution is -2.19. The Morgan fingerprint density at radius 1 is 1.11 bits per heavy atom. The molecule has 0 atom stereocenters. The van der Waals surface area contributed by atoms with E-state index in [0.717, 1.165) is 14.9 Å². The molecular formula is C18H19N5O2S2. The minimum absolute atomic E-state index is 0.383. The number of urea groups is 1. The van der Waals surface area contributed by atoms with Crippen molar-refractivity contribution in [3.8, 4) is 5.75 Å². The van der Waals surface area contributed by atoms with E-state index in [2.05, 4.69) is 20.8 Å². The van der Waals surface area contributed by atoms with E-state index in [9.17, 15) is 4.79 Å². The monoisotopic (exact) mass is 401 g/mol. The van der Waals surface area contributed by atoms with Gasteiger partial charge in [-0.05, 0) is 36.4 Å². The van der Waals surface area contributed by atoms with Gasteiger partial charge in [-0.15, -0.1) is 10.2 Å². The van der Waals surface area contributed by atoms with Crippen LogP contribution in [0.3, 0.4) is 0 Å². The summed E-state index contributed by atoms with van der Waals surface area (Å²) in [5, 5.41) is 14.0. The van der Waals surface area contributed by atoms with E-state index in [1.54, 1.807) is 25.3 Å². The van der Waals surface area contributed by atoms with Gasteiger partial charge in [-0.3, -0.25) is 5.32 Å². The van der Waals surface area contributed by atoms with Gasteiger partial charge < -0.3 is 15.0 Å². The minimum Gasteiger partial charge on any atom is -0.497 e. The number of carbonyl (C=O) groups is 1. The number of benzene rings is 2. The zero-order valence-electron chi connectivity index (χ0n) is 15.1. The molecule has 0 fully saturated rings. The van der Waals surface area contributed by atoms with Crippen molar-refractivity contribution in [2.75, 3.05) is 36.7 Å². The number of anilines is 3. The van der Waals surface area contributed by atoms with Crippen molar-refractivity contribution in [3.63, 3.8) is 0 Å². The molecular weight excluding hydrogens is 382 g/mol. The number of amides is 2. The molecule has 27 heavy (non-hydrogen) atoms. The van der Waals surface area contributed by atoms with Gasteiger partial charge in [0.1, 0.15) is 5.75 Å². The first-order valence-electron chi connectivity index (χ1n) is 8.04. The summed E-state index contributed by atoms with van der Waals surface area (Å²) in [6.45, 7) is 0. The molecule has 140 valence electrons. The molecule has 1 heterocycles. The zero-order valence-corrected chi connectivity index (χ0v) is 16.7. The maximum absolute atomic E-state index is 12.1. The Balaban J connectivity index is 1.57. The zero-order chi connectivity index (χ0) is 19.2. The summed E-state index contributed by atoms with van der Waals surface area (Å²) >= 11 is 2.82. The van der Waals surface area contributed by atoms with Crippen molar-refractivity contribution >= 4 is 45.6 Å². The third-order valence-corrected chi connectivity index (χ3v) is 5.41. The van der Waals surface area contributed by atoms with E-state index in [-0.39, 0.29) is 6.03 Å². The molecule has 2 amide bonds.